The second kappa shape index (κ2) is 9.22. The van der Waals surface area contributed by atoms with E-state index in [-0.39, 0.29) is 5.56 Å². The average Bonchev–Trinajstić information content (AvgIpc) is 2.80. The molecule has 0 aromatic heterocycles. The van der Waals surface area contributed by atoms with Crippen molar-refractivity contribution in [3.63, 3.8) is 0 Å². The predicted molar refractivity (Wildman–Crippen MR) is 121 cm³/mol. The van der Waals surface area contributed by atoms with Crippen molar-refractivity contribution in [3.05, 3.63) is 108 Å². The molecule has 0 N–H and O–H groups in total. The molecule has 0 aliphatic carbocycles. The molecule has 0 fully saturated rings. The summed E-state index contributed by atoms with van der Waals surface area (Å²) in [7, 11) is 0. The molecule has 0 amide bonds. The Labute approximate surface area is 181 Å². The fourth-order valence-electron chi connectivity index (χ4n) is 3.69. The highest BCUT2D eigenvalue weighted by Crippen LogP contribution is 2.30. The van der Waals surface area contributed by atoms with Crippen LogP contribution in [0.3, 0.4) is 0 Å². The third kappa shape index (κ3) is 4.72. The van der Waals surface area contributed by atoms with E-state index in [1.165, 1.54) is 30.5 Å². The fourth-order valence-corrected chi connectivity index (χ4v) is 3.69. The minimum absolute atomic E-state index is 0.238. The second-order valence-corrected chi connectivity index (χ2v) is 7.70. The Morgan fingerprint density at radius 2 is 1.03 bits per heavy atom. The minimum Gasteiger partial charge on any atom is -0.206 e. The van der Waals surface area contributed by atoms with Crippen LogP contribution in [-0.2, 0) is 6.42 Å². The summed E-state index contributed by atoms with van der Waals surface area (Å²) in [5.41, 5.74) is 5.75. The van der Waals surface area contributed by atoms with Crippen molar-refractivity contribution in [1.82, 2.24) is 0 Å². The van der Waals surface area contributed by atoms with Gasteiger partial charge < -0.3 is 0 Å². The third-order valence-electron chi connectivity index (χ3n) is 5.52. The molecule has 0 unspecified atom stereocenters. The van der Waals surface area contributed by atoms with Crippen LogP contribution >= 0.6 is 0 Å². The van der Waals surface area contributed by atoms with E-state index >= 15 is 0 Å². The Morgan fingerprint density at radius 1 is 0.516 bits per heavy atom. The van der Waals surface area contributed by atoms with Gasteiger partial charge in [0.1, 0.15) is 5.82 Å². The third-order valence-corrected chi connectivity index (χ3v) is 5.52. The summed E-state index contributed by atoms with van der Waals surface area (Å²) in [6.07, 6.45) is 3.48. The first-order valence-corrected chi connectivity index (χ1v) is 10.5. The molecule has 0 radical (unpaired) electrons. The standard InChI is InChI=1S/C28H23F3/c1-2-3-4-19-5-7-20(8-6-19)21-9-11-22(12-10-21)23-13-15-25(27(30)17-23)24-14-16-26(29)28(31)18-24/h5-18H,2-4H2,1H3. The molecule has 156 valence electrons. The zero-order valence-electron chi connectivity index (χ0n) is 17.3. The number of rotatable bonds is 6. The van der Waals surface area contributed by atoms with Gasteiger partial charge in [-0.1, -0.05) is 80.1 Å². The molecular formula is C28H23F3. The van der Waals surface area contributed by atoms with Gasteiger partial charge in [-0.05, 0) is 64.4 Å². The number of halogens is 3. The van der Waals surface area contributed by atoms with Crippen molar-refractivity contribution >= 4 is 0 Å². The summed E-state index contributed by atoms with van der Waals surface area (Å²) >= 11 is 0. The maximum Gasteiger partial charge on any atom is 0.159 e. The van der Waals surface area contributed by atoms with Gasteiger partial charge >= 0.3 is 0 Å². The smallest absolute Gasteiger partial charge is 0.159 e. The van der Waals surface area contributed by atoms with Crippen LogP contribution in [0.1, 0.15) is 25.3 Å². The normalized spacial score (nSPS) is 11.0. The van der Waals surface area contributed by atoms with E-state index < -0.39 is 17.5 Å². The minimum atomic E-state index is -0.991. The molecule has 0 spiro atoms. The van der Waals surface area contributed by atoms with Crippen LogP contribution in [0.15, 0.2) is 84.9 Å². The summed E-state index contributed by atoms with van der Waals surface area (Å²) in [5.74, 6) is -2.42. The van der Waals surface area contributed by atoms with E-state index in [0.29, 0.717) is 5.56 Å². The number of unbranched alkanes of at least 4 members (excludes halogenated alkanes) is 1. The lowest BCUT2D eigenvalue weighted by molar-refractivity contribution is 0.509. The number of hydrogen-bond acceptors (Lipinski definition) is 0. The van der Waals surface area contributed by atoms with Crippen molar-refractivity contribution in [3.8, 4) is 33.4 Å². The molecule has 3 heteroatoms. The highest BCUT2D eigenvalue weighted by Gasteiger charge is 2.10. The summed E-state index contributed by atoms with van der Waals surface area (Å²) in [6, 6.07) is 24.8. The highest BCUT2D eigenvalue weighted by molar-refractivity contribution is 5.73. The van der Waals surface area contributed by atoms with Crippen molar-refractivity contribution in [2.24, 2.45) is 0 Å². The Balaban J connectivity index is 1.55. The number of hydrogen-bond donors (Lipinski definition) is 0. The quantitative estimate of drug-likeness (QED) is 0.296. The number of benzene rings is 4. The molecule has 0 aliphatic heterocycles. The van der Waals surface area contributed by atoms with Crippen LogP contribution in [-0.4, -0.2) is 0 Å². The van der Waals surface area contributed by atoms with Gasteiger partial charge in [-0.15, -0.1) is 0 Å². The van der Waals surface area contributed by atoms with E-state index in [2.05, 4.69) is 31.2 Å². The molecule has 4 rings (SSSR count). The topological polar surface area (TPSA) is 0 Å². The van der Waals surface area contributed by atoms with Gasteiger partial charge in [-0.3, -0.25) is 0 Å². The Hall–Kier alpha value is -3.33. The molecule has 0 atom stereocenters. The maximum atomic E-state index is 14.7. The molecule has 0 bridgehead atoms. The lowest BCUT2D eigenvalue weighted by Crippen LogP contribution is -1.90. The van der Waals surface area contributed by atoms with E-state index in [9.17, 15) is 13.2 Å². The first kappa shape index (κ1) is 20.9. The van der Waals surface area contributed by atoms with Gasteiger partial charge in [-0.25, -0.2) is 13.2 Å². The van der Waals surface area contributed by atoms with Crippen LogP contribution < -0.4 is 0 Å². The second-order valence-electron chi connectivity index (χ2n) is 7.70. The van der Waals surface area contributed by atoms with E-state index in [1.807, 2.05) is 24.3 Å². The summed E-state index contributed by atoms with van der Waals surface area (Å²) in [4.78, 5) is 0. The molecule has 0 saturated carbocycles. The predicted octanol–water partition coefficient (Wildman–Crippen LogP) is 8.45. The monoisotopic (exact) mass is 416 g/mol. The molecule has 31 heavy (non-hydrogen) atoms. The Morgan fingerprint density at radius 3 is 1.61 bits per heavy atom. The fraction of sp³-hybridized carbons (Fsp3) is 0.143. The van der Waals surface area contributed by atoms with E-state index in [1.54, 1.807) is 12.1 Å². The van der Waals surface area contributed by atoms with Gasteiger partial charge in [0.15, 0.2) is 11.6 Å². The molecule has 0 aliphatic rings. The van der Waals surface area contributed by atoms with Crippen molar-refractivity contribution in [2.45, 2.75) is 26.2 Å². The Kier molecular flexibility index (Phi) is 6.22. The van der Waals surface area contributed by atoms with Crippen LogP contribution in [0.2, 0.25) is 0 Å². The molecule has 0 nitrogen and oxygen atoms in total. The van der Waals surface area contributed by atoms with Crippen LogP contribution in [0, 0.1) is 17.5 Å². The summed E-state index contributed by atoms with van der Waals surface area (Å²) in [6.45, 7) is 2.19. The maximum absolute atomic E-state index is 14.7. The first-order valence-electron chi connectivity index (χ1n) is 10.5. The zero-order valence-corrected chi connectivity index (χ0v) is 17.3. The molecular weight excluding hydrogens is 393 g/mol. The van der Waals surface area contributed by atoms with E-state index in [0.717, 1.165) is 40.8 Å². The van der Waals surface area contributed by atoms with Crippen LogP contribution in [0.5, 0.6) is 0 Å². The van der Waals surface area contributed by atoms with Crippen LogP contribution in [0.25, 0.3) is 33.4 Å². The molecule has 0 heterocycles. The first-order chi connectivity index (χ1) is 15.0. The van der Waals surface area contributed by atoms with Crippen molar-refractivity contribution in [2.75, 3.05) is 0 Å². The summed E-state index contributed by atoms with van der Waals surface area (Å²) < 4.78 is 41.4. The van der Waals surface area contributed by atoms with E-state index in [4.69, 9.17) is 0 Å². The van der Waals surface area contributed by atoms with Crippen molar-refractivity contribution in [1.29, 1.82) is 0 Å². The Bertz CT molecular complexity index is 1180. The lowest BCUT2D eigenvalue weighted by atomic mass is 9.97. The molecule has 0 saturated heterocycles. The van der Waals surface area contributed by atoms with Crippen molar-refractivity contribution < 1.29 is 13.2 Å². The van der Waals surface area contributed by atoms with Gasteiger partial charge in [0, 0.05) is 5.56 Å². The van der Waals surface area contributed by atoms with Gasteiger partial charge in [0.05, 0.1) is 0 Å². The average molecular weight is 416 g/mol. The molecule has 4 aromatic rings. The summed E-state index contributed by atoms with van der Waals surface area (Å²) in [5, 5.41) is 0. The van der Waals surface area contributed by atoms with Gasteiger partial charge in [0.25, 0.3) is 0 Å². The largest absolute Gasteiger partial charge is 0.206 e. The zero-order chi connectivity index (χ0) is 21.8. The lowest BCUT2D eigenvalue weighted by Gasteiger charge is -2.09. The van der Waals surface area contributed by atoms with Crippen LogP contribution in [0.4, 0.5) is 13.2 Å². The molecule has 4 aromatic carbocycles. The van der Waals surface area contributed by atoms with Gasteiger partial charge in [0.2, 0.25) is 0 Å². The SMILES string of the molecule is CCCCc1ccc(-c2ccc(-c3ccc(-c4ccc(F)c(F)c4)c(F)c3)cc2)cc1. The van der Waals surface area contributed by atoms with Gasteiger partial charge in [-0.2, -0.15) is 0 Å². The highest BCUT2D eigenvalue weighted by atomic mass is 19.2. The number of aryl methyl sites for hydroxylation is 1.